The number of esters is 1. The lowest BCUT2D eigenvalue weighted by Gasteiger charge is -2.31. The highest BCUT2D eigenvalue weighted by Gasteiger charge is 2.51. The first-order valence-electron chi connectivity index (χ1n) is 10.4. The predicted octanol–water partition coefficient (Wildman–Crippen LogP) is 5.48. The van der Waals surface area contributed by atoms with Crippen LogP contribution < -0.4 is 0 Å². The van der Waals surface area contributed by atoms with E-state index in [2.05, 4.69) is 17.1 Å². The van der Waals surface area contributed by atoms with Crippen LogP contribution in [0.25, 0.3) is 22.2 Å². The number of benzene rings is 2. The Balaban J connectivity index is 1.60. The zero-order chi connectivity index (χ0) is 22.4. The van der Waals surface area contributed by atoms with Gasteiger partial charge in [0.1, 0.15) is 5.60 Å². The molecule has 1 aliphatic rings. The van der Waals surface area contributed by atoms with Crippen molar-refractivity contribution in [1.82, 2.24) is 9.88 Å². The molecule has 3 aromatic rings. The molecule has 31 heavy (non-hydrogen) atoms. The number of nitrogens with zero attached hydrogens (tertiary/aromatic N) is 1. The molecule has 0 spiro atoms. The van der Waals surface area contributed by atoms with E-state index in [0.29, 0.717) is 5.56 Å². The fraction of sp³-hybridized carbons (Fsp3) is 0.360. The van der Waals surface area contributed by atoms with Gasteiger partial charge >= 0.3 is 12.1 Å². The fourth-order valence-electron chi connectivity index (χ4n) is 4.00. The summed E-state index contributed by atoms with van der Waals surface area (Å²) in [5.74, 6) is -0.354. The van der Waals surface area contributed by atoms with E-state index in [0.717, 1.165) is 40.6 Å². The smallest absolute Gasteiger partial charge is 0.410 e. The number of methoxy groups -OCH3 is 1. The highest BCUT2D eigenvalue weighted by Crippen LogP contribution is 2.51. The summed E-state index contributed by atoms with van der Waals surface area (Å²) in [5, 5.41) is 0.830. The second-order valence-electron chi connectivity index (χ2n) is 9.09. The maximum absolute atomic E-state index is 12.6. The van der Waals surface area contributed by atoms with E-state index in [9.17, 15) is 9.59 Å². The lowest BCUT2D eigenvalue weighted by atomic mass is 10.0. The molecule has 0 unspecified atom stereocenters. The topological polar surface area (TPSA) is 71.6 Å². The third-order valence-electron chi connectivity index (χ3n) is 5.84. The molecule has 6 nitrogen and oxygen atoms in total. The summed E-state index contributed by atoms with van der Waals surface area (Å²) in [5.41, 5.74) is 3.61. The predicted molar refractivity (Wildman–Crippen MR) is 120 cm³/mol. The van der Waals surface area contributed by atoms with Crippen molar-refractivity contribution in [1.29, 1.82) is 0 Å². The second kappa shape index (κ2) is 7.45. The Morgan fingerprint density at radius 1 is 1.06 bits per heavy atom. The van der Waals surface area contributed by atoms with Crippen molar-refractivity contribution in [3.8, 4) is 11.3 Å². The number of H-pyrrole nitrogens is 1. The van der Waals surface area contributed by atoms with Gasteiger partial charge in [-0.3, -0.25) is 0 Å². The van der Waals surface area contributed by atoms with E-state index in [1.807, 2.05) is 51.1 Å². The third-order valence-corrected chi connectivity index (χ3v) is 5.84. The average Bonchev–Trinajstić information content (AvgIpc) is 3.43. The van der Waals surface area contributed by atoms with Gasteiger partial charge in [-0.25, -0.2) is 9.59 Å². The van der Waals surface area contributed by atoms with Gasteiger partial charge in [0.25, 0.3) is 0 Å². The first-order valence-corrected chi connectivity index (χ1v) is 10.4. The molecule has 1 fully saturated rings. The molecular weight excluding hydrogens is 392 g/mol. The van der Waals surface area contributed by atoms with Crippen molar-refractivity contribution >= 4 is 23.0 Å². The first kappa shape index (κ1) is 21.0. The van der Waals surface area contributed by atoms with Crippen LogP contribution in [-0.2, 0) is 15.0 Å². The zero-order valence-electron chi connectivity index (χ0n) is 18.6. The Bertz CT molecular complexity index is 1130. The Labute approximate surface area is 182 Å². The van der Waals surface area contributed by atoms with Crippen LogP contribution in [0.1, 0.15) is 49.5 Å². The number of carbonyl (C=O) groups is 2. The number of hydrogen-bond donors (Lipinski definition) is 1. The van der Waals surface area contributed by atoms with Crippen LogP contribution in [0.3, 0.4) is 0 Å². The van der Waals surface area contributed by atoms with Crippen LogP contribution in [-0.4, -0.2) is 41.7 Å². The zero-order valence-corrected chi connectivity index (χ0v) is 18.6. The first-order chi connectivity index (χ1) is 14.6. The summed E-state index contributed by atoms with van der Waals surface area (Å²) in [4.78, 5) is 29.7. The van der Waals surface area contributed by atoms with Crippen molar-refractivity contribution < 1.29 is 19.1 Å². The van der Waals surface area contributed by atoms with Gasteiger partial charge < -0.3 is 19.4 Å². The molecule has 1 heterocycles. The Morgan fingerprint density at radius 2 is 1.74 bits per heavy atom. The van der Waals surface area contributed by atoms with Crippen molar-refractivity contribution in [3.05, 3.63) is 59.7 Å². The standard InChI is InChI=1S/C25H28N2O4/c1-24(2,3)31-23(29)27(4)25(13-14-25)17-11-9-16(10-12-17)21-15-19-18(22(28)30-5)7-6-8-20(19)26-21/h6-12,15,26H,13-14H2,1-5H3. The number of carbonyl (C=O) groups excluding carboxylic acids is 2. The lowest BCUT2D eigenvalue weighted by molar-refractivity contribution is 0.0189. The molecule has 2 aromatic carbocycles. The van der Waals surface area contributed by atoms with E-state index in [1.54, 1.807) is 18.0 Å². The van der Waals surface area contributed by atoms with Crippen LogP contribution in [0.4, 0.5) is 4.79 Å². The highest BCUT2D eigenvalue weighted by atomic mass is 16.6. The molecule has 0 saturated heterocycles. The van der Waals surface area contributed by atoms with Crippen LogP contribution in [0.2, 0.25) is 0 Å². The summed E-state index contributed by atoms with van der Waals surface area (Å²) in [6, 6.07) is 15.7. The third kappa shape index (κ3) is 3.90. The molecular formula is C25H28N2O4. The van der Waals surface area contributed by atoms with E-state index in [1.165, 1.54) is 7.11 Å². The van der Waals surface area contributed by atoms with Gasteiger partial charge in [-0.05, 0) is 62.9 Å². The van der Waals surface area contributed by atoms with Gasteiger partial charge in [0.15, 0.2) is 0 Å². The van der Waals surface area contributed by atoms with E-state index >= 15 is 0 Å². The molecule has 0 radical (unpaired) electrons. The number of amides is 1. The van der Waals surface area contributed by atoms with E-state index < -0.39 is 5.60 Å². The Morgan fingerprint density at radius 3 is 2.32 bits per heavy atom. The van der Waals surface area contributed by atoms with E-state index in [-0.39, 0.29) is 17.6 Å². The number of nitrogens with one attached hydrogen (secondary N) is 1. The number of aromatic amines is 1. The van der Waals surface area contributed by atoms with Gasteiger partial charge in [-0.1, -0.05) is 30.3 Å². The monoisotopic (exact) mass is 420 g/mol. The van der Waals surface area contributed by atoms with Gasteiger partial charge in [-0.15, -0.1) is 0 Å². The van der Waals surface area contributed by atoms with Gasteiger partial charge in [0.05, 0.1) is 18.2 Å². The van der Waals surface area contributed by atoms with Crippen LogP contribution in [0.15, 0.2) is 48.5 Å². The van der Waals surface area contributed by atoms with Crippen LogP contribution in [0.5, 0.6) is 0 Å². The minimum Gasteiger partial charge on any atom is -0.465 e. The van der Waals surface area contributed by atoms with Crippen molar-refractivity contribution in [2.45, 2.75) is 44.8 Å². The van der Waals surface area contributed by atoms with E-state index in [4.69, 9.17) is 9.47 Å². The molecule has 1 amide bonds. The summed E-state index contributed by atoms with van der Waals surface area (Å²) < 4.78 is 10.5. The molecule has 162 valence electrons. The average molecular weight is 421 g/mol. The largest absolute Gasteiger partial charge is 0.465 e. The summed E-state index contributed by atoms with van der Waals surface area (Å²) in [7, 11) is 3.19. The fourth-order valence-corrected chi connectivity index (χ4v) is 4.00. The molecule has 1 aliphatic carbocycles. The van der Waals surface area contributed by atoms with Crippen molar-refractivity contribution in [2.75, 3.05) is 14.2 Å². The number of fused-ring (bicyclic) bond motifs is 1. The highest BCUT2D eigenvalue weighted by molar-refractivity contribution is 6.05. The van der Waals surface area contributed by atoms with Crippen molar-refractivity contribution in [3.63, 3.8) is 0 Å². The minimum atomic E-state index is -0.524. The molecule has 0 bridgehead atoms. The lowest BCUT2D eigenvalue weighted by Crippen LogP contribution is -2.40. The second-order valence-corrected chi connectivity index (χ2v) is 9.09. The molecule has 1 aromatic heterocycles. The maximum atomic E-state index is 12.6. The number of ether oxygens (including phenoxy) is 2. The summed E-state index contributed by atoms with van der Waals surface area (Å²) in [6.45, 7) is 5.62. The quantitative estimate of drug-likeness (QED) is 0.568. The molecule has 1 saturated carbocycles. The molecule has 0 atom stereocenters. The van der Waals surface area contributed by atoms with Gasteiger partial charge in [0, 0.05) is 23.6 Å². The molecule has 1 N–H and O–H groups in total. The normalized spacial score (nSPS) is 14.9. The Kier molecular flexibility index (Phi) is 5.04. The SMILES string of the molecule is COC(=O)c1cccc2[nH]c(-c3ccc(C4(N(C)C(=O)OC(C)(C)C)CC4)cc3)cc12. The maximum Gasteiger partial charge on any atom is 0.410 e. The van der Waals surface area contributed by atoms with Gasteiger partial charge in [0.2, 0.25) is 0 Å². The van der Waals surface area contributed by atoms with Crippen LogP contribution >= 0.6 is 0 Å². The summed E-state index contributed by atoms with van der Waals surface area (Å²) >= 11 is 0. The minimum absolute atomic E-state index is 0.306. The number of aromatic nitrogens is 1. The Hall–Kier alpha value is -3.28. The van der Waals surface area contributed by atoms with Gasteiger partial charge in [-0.2, -0.15) is 0 Å². The van der Waals surface area contributed by atoms with Crippen molar-refractivity contribution in [2.24, 2.45) is 0 Å². The number of hydrogen-bond acceptors (Lipinski definition) is 4. The van der Waals surface area contributed by atoms with Crippen LogP contribution in [0, 0.1) is 0 Å². The molecule has 6 heteroatoms. The summed E-state index contributed by atoms with van der Waals surface area (Å²) in [6.07, 6.45) is 1.52. The molecule has 4 rings (SSSR count). The molecule has 0 aliphatic heterocycles. The number of rotatable bonds is 4.